The summed E-state index contributed by atoms with van der Waals surface area (Å²) in [5, 5.41) is 0. The van der Waals surface area contributed by atoms with Gasteiger partial charge in [0.25, 0.3) is 0 Å². The highest BCUT2D eigenvalue weighted by molar-refractivity contribution is 6.01. The van der Waals surface area contributed by atoms with Crippen molar-refractivity contribution in [2.75, 3.05) is 33.4 Å². The zero-order valence-corrected chi connectivity index (χ0v) is 13.5. The van der Waals surface area contributed by atoms with Crippen molar-refractivity contribution in [1.82, 2.24) is 4.90 Å². The molecule has 1 aliphatic rings. The summed E-state index contributed by atoms with van der Waals surface area (Å²) in [5.74, 6) is 0.960. The van der Waals surface area contributed by atoms with Crippen molar-refractivity contribution >= 4 is 5.78 Å². The molecule has 1 unspecified atom stereocenters. The Kier molecular flexibility index (Phi) is 6.16. The molecule has 1 aliphatic heterocycles. The third-order valence-corrected chi connectivity index (χ3v) is 4.14. The van der Waals surface area contributed by atoms with Crippen LogP contribution in [-0.4, -0.2) is 50.1 Å². The normalized spacial score (nSPS) is 17.0. The van der Waals surface area contributed by atoms with Crippen molar-refractivity contribution < 1.29 is 14.3 Å². The van der Waals surface area contributed by atoms with E-state index in [-0.39, 0.29) is 11.8 Å². The highest BCUT2D eigenvalue weighted by atomic mass is 16.5. The number of methoxy groups -OCH3 is 1. The minimum absolute atomic E-state index is 0.153. The lowest BCUT2D eigenvalue weighted by atomic mass is 9.94. The van der Waals surface area contributed by atoms with Gasteiger partial charge >= 0.3 is 0 Å². The van der Waals surface area contributed by atoms with E-state index >= 15 is 0 Å². The second-order valence-corrected chi connectivity index (χ2v) is 5.43. The quantitative estimate of drug-likeness (QED) is 0.573. The maximum atomic E-state index is 13.0. The number of carbonyl (C=O) groups excluding carboxylic acids is 1. The van der Waals surface area contributed by atoms with Crippen LogP contribution in [0.25, 0.3) is 0 Å². The minimum atomic E-state index is -0.153. The molecular weight excluding hydrogens is 278 g/mol. The Morgan fingerprint density at radius 3 is 2.77 bits per heavy atom. The number of benzene rings is 1. The van der Waals surface area contributed by atoms with E-state index in [0.717, 1.165) is 36.4 Å². The van der Waals surface area contributed by atoms with Crippen LogP contribution in [0.5, 0.6) is 5.75 Å². The fourth-order valence-electron chi connectivity index (χ4n) is 2.88. The number of aryl methyl sites for hydroxylation is 1. The van der Waals surface area contributed by atoms with Crippen LogP contribution in [0.2, 0.25) is 0 Å². The average Bonchev–Trinajstić information content (AvgIpc) is 2.59. The van der Waals surface area contributed by atoms with Crippen molar-refractivity contribution in [3.8, 4) is 5.75 Å². The van der Waals surface area contributed by atoms with Crippen molar-refractivity contribution in [1.29, 1.82) is 0 Å². The van der Waals surface area contributed by atoms with Gasteiger partial charge in [-0.1, -0.05) is 13.0 Å². The molecule has 0 bridgehead atoms. The molecule has 0 radical (unpaired) electrons. The molecule has 1 fully saturated rings. The number of rotatable bonds is 7. The molecule has 4 nitrogen and oxygen atoms in total. The molecule has 1 heterocycles. The van der Waals surface area contributed by atoms with E-state index in [1.54, 1.807) is 7.11 Å². The maximum Gasteiger partial charge on any atom is 0.180 e. The molecule has 0 aromatic heterocycles. The number of morpholine rings is 1. The molecule has 1 aromatic carbocycles. The van der Waals surface area contributed by atoms with Gasteiger partial charge in [0.05, 0.1) is 26.4 Å². The standard InChI is InChI=1S/C18H25NO3/c1-4-6-17(19-9-11-22-12-10-19)18(20)16-8-7-15(21-3)13-14(16)5-2/h4,7-8,13,17H,1,5-6,9-12H2,2-3H3. The number of hydrogen-bond donors (Lipinski definition) is 0. The Hall–Kier alpha value is -1.65. The number of nitrogens with zero attached hydrogens (tertiary/aromatic N) is 1. The number of Topliss-reactive ketones (excluding diaryl/α,β-unsaturated/α-hetero) is 1. The van der Waals surface area contributed by atoms with E-state index in [1.165, 1.54) is 0 Å². The van der Waals surface area contributed by atoms with Crippen LogP contribution in [0, 0.1) is 0 Å². The number of ether oxygens (including phenoxy) is 2. The van der Waals surface area contributed by atoms with Crippen molar-refractivity contribution in [3.63, 3.8) is 0 Å². The van der Waals surface area contributed by atoms with Gasteiger partial charge in [0, 0.05) is 18.7 Å². The van der Waals surface area contributed by atoms with Crippen LogP contribution in [0.4, 0.5) is 0 Å². The van der Waals surface area contributed by atoms with Crippen LogP contribution >= 0.6 is 0 Å². The summed E-state index contributed by atoms with van der Waals surface area (Å²) in [7, 11) is 1.64. The summed E-state index contributed by atoms with van der Waals surface area (Å²) in [5.41, 5.74) is 1.83. The van der Waals surface area contributed by atoms with Gasteiger partial charge in [0.1, 0.15) is 5.75 Å². The minimum Gasteiger partial charge on any atom is -0.497 e. The lowest BCUT2D eigenvalue weighted by Gasteiger charge is -2.33. The molecule has 2 rings (SSSR count). The van der Waals surface area contributed by atoms with Crippen molar-refractivity contribution in [2.24, 2.45) is 0 Å². The number of hydrogen-bond acceptors (Lipinski definition) is 4. The van der Waals surface area contributed by atoms with Gasteiger partial charge in [-0.3, -0.25) is 9.69 Å². The fraction of sp³-hybridized carbons (Fsp3) is 0.500. The van der Waals surface area contributed by atoms with E-state index < -0.39 is 0 Å². The topological polar surface area (TPSA) is 38.8 Å². The van der Waals surface area contributed by atoms with Gasteiger partial charge in [-0.15, -0.1) is 6.58 Å². The Morgan fingerprint density at radius 1 is 1.45 bits per heavy atom. The van der Waals surface area contributed by atoms with E-state index in [9.17, 15) is 4.79 Å². The molecule has 0 saturated carbocycles. The van der Waals surface area contributed by atoms with Crippen LogP contribution in [0.1, 0.15) is 29.3 Å². The third-order valence-electron chi connectivity index (χ3n) is 4.14. The molecule has 0 spiro atoms. The predicted octanol–water partition coefficient (Wildman–Crippen LogP) is 2.72. The Morgan fingerprint density at radius 2 is 2.18 bits per heavy atom. The Balaban J connectivity index is 2.27. The van der Waals surface area contributed by atoms with E-state index in [1.807, 2.05) is 24.3 Å². The maximum absolute atomic E-state index is 13.0. The fourth-order valence-corrected chi connectivity index (χ4v) is 2.88. The number of ketones is 1. The van der Waals surface area contributed by atoms with Crippen LogP contribution in [0.3, 0.4) is 0 Å². The lowest BCUT2D eigenvalue weighted by Crippen LogP contribution is -2.47. The van der Waals surface area contributed by atoms with E-state index in [0.29, 0.717) is 19.6 Å². The summed E-state index contributed by atoms with van der Waals surface area (Å²) in [6.45, 7) is 8.83. The summed E-state index contributed by atoms with van der Waals surface area (Å²) >= 11 is 0. The van der Waals surface area contributed by atoms with Gasteiger partial charge < -0.3 is 9.47 Å². The molecule has 1 atom stereocenters. The lowest BCUT2D eigenvalue weighted by molar-refractivity contribution is 0.0181. The van der Waals surface area contributed by atoms with Gasteiger partial charge in [-0.2, -0.15) is 0 Å². The first-order chi connectivity index (χ1) is 10.7. The van der Waals surface area contributed by atoms with E-state index in [4.69, 9.17) is 9.47 Å². The molecule has 0 aliphatic carbocycles. The molecule has 1 aromatic rings. The molecule has 0 amide bonds. The first kappa shape index (κ1) is 16.7. The SMILES string of the molecule is C=CCC(C(=O)c1ccc(OC)cc1CC)N1CCOCC1. The summed E-state index contributed by atoms with van der Waals surface area (Å²) < 4.78 is 10.7. The monoisotopic (exact) mass is 303 g/mol. The van der Waals surface area contributed by atoms with Crippen LogP contribution in [-0.2, 0) is 11.2 Å². The molecule has 1 saturated heterocycles. The summed E-state index contributed by atoms with van der Waals surface area (Å²) in [6, 6.07) is 5.55. The molecular formula is C18H25NO3. The van der Waals surface area contributed by atoms with Crippen LogP contribution < -0.4 is 4.74 Å². The van der Waals surface area contributed by atoms with Gasteiger partial charge in [-0.25, -0.2) is 0 Å². The molecule has 0 N–H and O–H groups in total. The van der Waals surface area contributed by atoms with E-state index in [2.05, 4.69) is 18.4 Å². The molecule has 4 heteroatoms. The smallest absolute Gasteiger partial charge is 0.180 e. The van der Waals surface area contributed by atoms with Crippen LogP contribution in [0.15, 0.2) is 30.9 Å². The number of carbonyl (C=O) groups is 1. The van der Waals surface area contributed by atoms with Gasteiger partial charge in [0.2, 0.25) is 0 Å². The molecule has 120 valence electrons. The second-order valence-electron chi connectivity index (χ2n) is 5.43. The highest BCUT2D eigenvalue weighted by Crippen LogP contribution is 2.22. The highest BCUT2D eigenvalue weighted by Gasteiger charge is 2.28. The zero-order valence-electron chi connectivity index (χ0n) is 13.5. The first-order valence-electron chi connectivity index (χ1n) is 7.85. The average molecular weight is 303 g/mol. The van der Waals surface area contributed by atoms with Gasteiger partial charge in [0.15, 0.2) is 5.78 Å². The molecule has 22 heavy (non-hydrogen) atoms. The van der Waals surface area contributed by atoms with Crippen molar-refractivity contribution in [3.05, 3.63) is 42.0 Å². The first-order valence-corrected chi connectivity index (χ1v) is 7.85. The van der Waals surface area contributed by atoms with Crippen molar-refractivity contribution in [2.45, 2.75) is 25.8 Å². The Labute approximate surface area is 132 Å². The summed E-state index contributed by atoms with van der Waals surface area (Å²) in [6.07, 6.45) is 3.30. The predicted molar refractivity (Wildman–Crippen MR) is 87.7 cm³/mol. The third kappa shape index (κ3) is 3.76. The second kappa shape index (κ2) is 8.11. The largest absolute Gasteiger partial charge is 0.497 e. The van der Waals surface area contributed by atoms with Gasteiger partial charge in [-0.05, 0) is 36.6 Å². The Bertz CT molecular complexity index is 521. The summed E-state index contributed by atoms with van der Waals surface area (Å²) in [4.78, 5) is 15.2. The zero-order chi connectivity index (χ0) is 15.9.